The minimum atomic E-state index is 0.461. The van der Waals surface area contributed by atoms with Gasteiger partial charge in [0.2, 0.25) is 4.77 Å². The SMILES string of the molecule is Cc1cccc(-c2n[nH]c(=S)n2/N=C\c2cccc(Br)c2)c1. The third kappa shape index (κ3) is 3.23. The van der Waals surface area contributed by atoms with Gasteiger partial charge in [-0.1, -0.05) is 51.8 Å². The van der Waals surface area contributed by atoms with Gasteiger partial charge < -0.3 is 0 Å². The summed E-state index contributed by atoms with van der Waals surface area (Å²) in [6.07, 6.45) is 1.76. The summed E-state index contributed by atoms with van der Waals surface area (Å²) < 4.78 is 3.10. The molecule has 0 unspecified atom stereocenters. The molecule has 1 N–H and O–H groups in total. The lowest BCUT2D eigenvalue weighted by Crippen LogP contribution is -1.95. The summed E-state index contributed by atoms with van der Waals surface area (Å²) in [7, 11) is 0. The van der Waals surface area contributed by atoms with Gasteiger partial charge in [0.1, 0.15) is 0 Å². The van der Waals surface area contributed by atoms with E-state index in [1.54, 1.807) is 10.9 Å². The summed E-state index contributed by atoms with van der Waals surface area (Å²) >= 11 is 8.72. The molecular formula is C16H13BrN4S. The number of benzene rings is 2. The number of rotatable bonds is 3. The van der Waals surface area contributed by atoms with E-state index in [1.165, 1.54) is 0 Å². The van der Waals surface area contributed by atoms with Gasteiger partial charge >= 0.3 is 0 Å². The summed E-state index contributed by atoms with van der Waals surface area (Å²) in [5, 5.41) is 11.5. The van der Waals surface area contributed by atoms with Crippen molar-refractivity contribution in [2.75, 3.05) is 0 Å². The van der Waals surface area contributed by atoms with Gasteiger partial charge in [0, 0.05) is 10.0 Å². The van der Waals surface area contributed by atoms with Crippen LogP contribution in [-0.4, -0.2) is 21.1 Å². The monoisotopic (exact) mass is 372 g/mol. The number of aromatic amines is 1. The molecule has 2 aromatic carbocycles. The van der Waals surface area contributed by atoms with Gasteiger partial charge in [-0.15, -0.1) is 0 Å². The summed E-state index contributed by atoms with van der Waals surface area (Å²) in [5.41, 5.74) is 3.11. The predicted octanol–water partition coefficient (Wildman–Crippen LogP) is 4.56. The molecule has 22 heavy (non-hydrogen) atoms. The molecule has 0 radical (unpaired) electrons. The quantitative estimate of drug-likeness (QED) is 0.540. The molecule has 0 atom stereocenters. The third-order valence-corrected chi connectivity index (χ3v) is 3.86. The number of halogens is 1. The average molecular weight is 373 g/mol. The number of nitrogens with zero attached hydrogens (tertiary/aromatic N) is 3. The number of H-pyrrole nitrogens is 1. The molecule has 3 aromatic rings. The molecule has 0 bridgehead atoms. The van der Waals surface area contributed by atoms with Gasteiger partial charge in [-0.2, -0.15) is 14.9 Å². The number of aromatic nitrogens is 3. The molecule has 6 heteroatoms. The summed E-state index contributed by atoms with van der Waals surface area (Å²) in [6, 6.07) is 16.0. The van der Waals surface area contributed by atoms with Crippen LogP contribution in [0, 0.1) is 11.7 Å². The molecule has 0 aliphatic heterocycles. The largest absolute Gasteiger partial charge is 0.250 e. The Kier molecular flexibility index (Phi) is 4.31. The number of hydrogen-bond acceptors (Lipinski definition) is 3. The van der Waals surface area contributed by atoms with Crippen molar-refractivity contribution in [3.63, 3.8) is 0 Å². The zero-order chi connectivity index (χ0) is 15.5. The van der Waals surface area contributed by atoms with Crippen LogP contribution >= 0.6 is 28.1 Å². The summed E-state index contributed by atoms with van der Waals surface area (Å²) in [5.74, 6) is 0.694. The van der Waals surface area contributed by atoms with E-state index in [0.717, 1.165) is 21.2 Å². The molecule has 0 aliphatic rings. The Hall–Kier alpha value is -2.05. The molecule has 1 heterocycles. The van der Waals surface area contributed by atoms with Crippen LogP contribution < -0.4 is 0 Å². The first-order valence-corrected chi connectivity index (χ1v) is 7.88. The second-order valence-electron chi connectivity index (χ2n) is 4.83. The highest BCUT2D eigenvalue weighted by molar-refractivity contribution is 9.10. The van der Waals surface area contributed by atoms with Crippen molar-refractivity contribution >= 4 is 34.4 Å². The van der Waals surface area contributed by atoms with E-state index < -0.39 is 0 Å². The highest BCUT2D eigenvalue weighted by atomic mass is 79.9. The van der Waals surface area contributed by atoms with E-state index >= 15 is 0 Å². The molecule has 0 saturated heterocycles. The fraction of sp³-hybridized carbons (Fsp3) is 0.0625. The molecule has 1 aromatic heterocycles. The van der Waals surface area contributed by atoms with Gasteiger partial charge in [0.15, 0.2) is 5.82 Å². The standard InChI is InChI=1S/C16H13BrN4S/c1-11-4-2-6-13(8-11)15-19-20-16(22)21(15)18-10-12-5-3-7-14(17)9-12/h2-10H,1H3,(H,20,22)/b18-10-. The van der Waals surface area contributed by atoms with Crippen molar-refractivity contribution in [3.8, 4) is 11.4 Å². The molecule has 0 saturated carbocycles. The second-order valence-corrected chi connectivity index (χ2v) is 6.14. The lowest BCUT2D eigenvalue weighted by atomic mass is 10.1. The minimum Gasteiger partial charge on any atom is -0.250 e. The molecule has 3 rings (SSSR count). The van der Waals surface area contributed by atoms with E-state index in [2.05, 4.69) is 37.3 Å². The van der Waals surface area contributed by atoms with Crippen LogP contribution in [0.15, 0.2) is 58.1 Å². The van der Waals surface area contributed by atoms with E-state index in [1.807, 2.05) is 49.4 Å². The fourth-order valence-corrected chi connectivity index (χ4v) is 2.68. The molecule has 110 valence electrons. The van der Waals surface area contributed by atoms with E-state index in [0.29, 0.717) is 10.6 Å². The maximum atomic E-state index is 5.27. The Bertz CT molecular complexity index is 895. The number of hydrogen-bond donors (Lipinski definition) is 1. The number of nitrogens with one attached hydrogen (secondary N) is 1. The third-order valence-electron chi connectivity index (χ3n) is 3.10. The maximum Gasteiger partial charge on any atom is 0.216 e. The number of aryl methyl sites for hydroxylation is 1. The first-order valence-electron chi connectivity index (χ1n) is 6.68. The van der Waals surface area contributed by atoms with Crippen LogP contribution in [0.5, 0.6) is 0 Å². The van der Waals surface area contributed by atoms with Crippen molar-refractivity contribution < 1.29 is 0 Å². The van der Waals surface area contributed by atoms with Gasteiger partial charge in [0.05, 0.1) is 6.21 Å². The maximum absolute atomic E-state index is 5.27. The molecular weight excluding hydrogens is 360 g/mol. The van der Waals surface area contributed by atoms with Gasteiger partial charge in [-0.3, -0.25) is 0 Å². The predicted molar refractivity (Wildman–Crippen MR) is 94.7 cm³/mol. The van der Waals surface area contributed by atoms with Crippen LogP contribution in [0.2, 0.25) is 0 Å². The van der Waals surface area contributed by atoms with E-state index in [9.17, 15) is 0 Å². The van der Waals surface area contributed by atoms with Crippen LogP contribution in [0.1, 0.15) is 11.1 Å². The first-order chi connectivity index (χ1) is 10.6. The zero-order valence-corrected chi connectivity index (χ0v) is 14.2. The summed E-state index contributed by atoms with van der Waals surface area (Å²) in [4.78, 5) is 0. The molecule has 0 aliphatic carbocycles. The lowest BCUT2D eigenvalue weighted by Gasteiger charge is -2.02. The van der Waals surface area contributed by atoms with Crippen molar-refractivity contribution in [2.45, 2.75) is 6.92 Å². The Morgan fingerprint density at radius 3 is 2.82 bits per heavy atom. The Balaban J connectivity index is 2.01. The van der Waals surface area contributed by atoms with Crippen molar-refractivity contribution in [1.82, 2.24) is 14.9 Å². The fourth-order valence-electron chi connectivity index (χ4n) is 2.08. The second kappa shape index (κ2) is 6.37. The summed E-state index contributed by atoms with van der Waals surface area (Å²) in [6.45, 7) is 2.04. The van der Waals surface area contributed by atoms with Crippen LogP contribution in [0.3, 0.4) is 0 Å². The van der Waals surface area contributed by atoms with Gasteiger partial charge in [-0.05, 0) is 42.9 Å². The lowest BCUT2D eigenvalue weighted by molar-refractivity contribution is 0.871. The Morgan fingerprint density at radius 2 is 2.05 bits per heavy atom. The smallest absolute Gasteiger partial charge is 0.216 e. The minimum absolute atomic E-state index is 0.461. The molecule has 4 nitrogen and oxygen atoms in total. The van der Waals surface area contributed by atoms with Crippen LogP contribution in [0.4, 0.5) is 0 Å². The Labute approximate surface area is 141 Å². The van der Waals surface area contributed by atoms with Gasteiger partial charge in [0.25, 0.3) is 0 Å². The topological polar surface area (TPSA) is 46.0 Å². The first kappa shape index (κ1) is 14.9. The average Bonchev–Trinajstić information content (AvgIpc) is 2.86. The highest BCUT2D eigenvalue weighted by Crippen LogP contribution is 2.18. The van der Waals surface area contributed by atoms with Crippen molar-refractivity contribution in [1.29, 1.82) is 0 Å². The van der Waals surface area contributed by atoms with E-state index in [-0.39, 0.29) is 0 Å². The van der Waals surface area contributed by atoms with E-state index in [4.69, 9.17) is 12.2 Å². The molecule has 0 fully saturated rings. The van der Waals surface area contributed by atoms with Crippen LogP contribution in [-0.2, 0) is 0 Å². The Morgan fingerprint density at radius 1 is 1.23 bits per heavy atom. The normalized spacial score (nSPS) is 11.2. The molecule has 0 spiro atoms. The molecule has 0 amide bonds. The van der Waals surface area contributed by atoms with Crippen molar-refractivity contribution in [2.24, 2.45) is 5.10 Å². The highest BCUT2D eigenvalue weighted by Gasteiger charge is 2.07. The van der Waals surface area contributed by atoms with Crippen molar-refractivity contribution in [3.05, 3.63) is 68.9 Å². The van der Waals surface area contributed by atoms with Gasteiger partial charge in [-0.25, -0.2) is 5.10 Å². The van der Waals surface area contributed by atoms with Crippen LogP contribution in [0.25, 0.3) is 11.4 Å². The zero-order valence-electron chi connectivity index (χ0n) is 11.8.